The van der Waals surface area contributed by atoms with Crippen LogP contribution in [-0.2, 0) is 6.54 Å². The molecular weight excluding hydrogens is 188 g/mol. The van der Waals surface area contributed by atoms with Crippen LogP contribution in [0.5, 0.6) is 0 Å². The Balaban J connectivity index is 2.23. The summed E-state index contributed by atoms with van der Waals surface area (Å²) in [6.07, 6.45) is 3.76. The van der Waals surface area contributed by atoms with Crippen LogP contribution >= 0.6 is 0 Å². The SMILES string of the molecule is CNc1ncccc1Cn1ccc(C)n1. The van der Waals surface area contributed by atoms with Crippen LogP contribution in [-0.4, -0.2) is 21.8 Å². The van der Waals surface area contributed by atoms with Gasteiger partial charge in [-0.3, -0.25) is 4.68 Å². The minimum absolute atomic E-state index is 0.748. The highest BCUT2D eigenvalue weighted by atomic mass is 15.3. The van der Waals surface area contributed by atoms with E-state index in [2.05, 4.69) is 21.5 Å². The van der Waals surface area contributed by atoms with E-state index in [1.54, 1.807) is 6.20 Å². The summed E-state index contributed by atoms with van der Waals surface area (Å²) in [6, 6.07) is 5.98. The average Bonchev–Trinajstić information content (AvgIpc) is 2.65. The number of anilines is 1. The zero-order valence-electron chi connectivity index (χ0n) is 8.94. The molecule has 2 aromatic rings. The molecule has 4 heteroatoms. The maximum Gasteiger partial charge on any atom is 0.130 e. The third-order valence-corrected chi connectivity index (χ3v) is 2.23. The zero-order valence-corrected chi connectivity index (χ0v) is 8.94. The second-order valence-electron chi connectivity index (χ2n) is 3.42. The normalized spacial score (nSPS) is 10.3. The molecule has 0 amide bonds. The van der Waals surface area contributed by atoms with Crippen LogP contribution in [0.3, 0.4) is 0 Å². The Labute approximate surface area is 89.0 Å². The van der Waals surface area contributed by atoms with Gasteiger partial charge in [0, 0.05) is 25.0 Å². The first-order valence-electron chi connectivity index (χ1n) is 4.91. The van der Waals surface area contributed by atoms with E-state index in [4.69, 9.17) is 0 Å². The highest BCUT2D eigenvalue weighted by Gasteiger charge is 2.02. The number of nitrogens with zero attached hydrogens (tertiary/aromatic N) is 3. The van der Waals surface area contributed by atoms with Gasteiger partial charge in [-0.1, -0.05) is 6.07 Å². The van der Waals surface area contributed by atoms with Crippen LogP contribution in [0.2, 0.25) is 0 Å². The lowest BCUT2D eigenvalue weighted by atomic mass is 10.2. The maximum atomic E-state index is 4.34. The van der Waals surface area contributed by atoms with Gasteiger partial charge in [0.2, 0.25) is 0 Å². The van der Waals surface area contributed by atoms with Crippen molar-refractivity contribution in [3.8, 4) is 0 Å². The van der Waals surface area contributed by atoms with E-state index < -0.39 is 0 Å². The van der Waals surface area contributed by atoms with Crippen molar-refractivity contribution in [2.45, 2.75) is 13.5 Å². The Morgan fingerprint density at radius 1 is 1.40 bits per heavy atom. The van der Waals surface area contributed by atoms with Gasteiger partial charge in [-0.05, 0) is 19.1 Å². The summed E-state index contributed by atoms with van der Waals surface area (Å²) in [5.74, 6) is 0.908. The van der Waals surface area contributed by atoms with Crippen molar-refractivity contribution in [3.05, 3.63) is 41.9 Å². The van der Waals surface area contributed by atoms with E-state index in [-0.39, 0.29) is 0 Å². The molecule has 0 saturated carbocycles. The lowest BCUT2D eigenvalue weighted by molar-refractivity contribution is 0.679. The molecule has 0 radical (unpaired) electrons. The fourth-order valence-electron chi connectivity index (χ4n) is 1.52. The molecule has 0 aliphatic heterocycles. The van der Waals surface area contributed by atoms with Gasteiger partial charge < -0.3 is 5.32 Å². The van der Waals surface area contributed by atoms with Crippen LogP contribution in [0.15, 0.2) is 30.6 Å². The highest BCUT2D eigenvalue weighted by molar-refractivity contribution is 5.42. The Morgan fingerprint density at radius 2 is 2.27 bits per heavy atom. The first-order valence-corrected chi connectivity index (χ1v) is 4.91. The van der Waals surface area contributed by atoms with Gasteiger partial charge in [0.05, 0.1) is 12.2 Å². The van der Waals surface area contributed by atoms with Gasteiger partial charge in [-0.25, -0.2) is 4.98 Å². The topological polar surface area (TPSA) is 42.7 Å². The number of aryl methyl sites for hydroxylation is 1. The Morgan fingerprint density at radius 3 is 2.93 bits per heavy atom. The third-order valence-electron chi connectivity index (χ3n) is 2.23. The molecule has 0 fully saturated rings. The van der Waals surface area contributed by atoms with E-state index in [9.17, 15) is 0 Å². The first-order chi connectivity index (χ1) is 7.29. The molecule has 2 rings (SSSR count). The van der Waals surface area contributed by atoms with Gasteiger partial charge in [0.1, 0.15) is 5.82 Å². The molecule has 78 valence electrons. The number of nitrogens with one attached hydrogen (secondary N) is 1. The summed E-state index contributed by atoms with van der Waals surface area (Å²) >= 11 is 0. The highest BCUT2D eigenvalue weighted by Crippen LogP contribution is 2.11. The molecule has 0 atom stereocenters. The van der Waals surface area contributed by atoms with E-state index in [0.29, 0.717) is 0 Å². The van der Waals surface area contributed by atoms with Crippen LogP contribution in [0, 0.1) is 6.92 Å². The van der Waals surface area contributed by atoms with Gasteiger partial charge >= 0.3 is 0 Å². The molecule has 0 aliphatic rings. The molecule has 0 aromatic carbocycles. The summed E-state index contributed by atoms with van der Waals surface area (Å²) in [5.41, 5.74) is 2.17. The quantitative estimate of drug-likeness (QED) is 0.823. The number of hydrogen-bond donors (Lipinski definition) is 1. The predicted molar refractivity (Wildman–Crippen MR) is 59.8 cm³/mol. The third kappa shape index (κ3) is 2.15. The minimum atomic E-state index is 0.748. The second kappa shape index (κ2) is 4.13. The molecule has 15 heavy (non-hydrogen) atoms. The fraction of sp³-hybridized carbons (Fsp3) is 0.273. The molecule has 1 N–H and O–H groups in total. The molecule has 2 heterocycles. The molecule has 0 unspecified atom stereocenters. The van der Waals surface area contributed by atoms with Crippen LogP contribution in [0.25, 0.3) is 0 Å². The van der Waals surface area contributed by atoms with Crippen LogP contribution in [0.4, 0.5) is 5.82 Å². The first kappa shape index (κ1) is 9.71. The molecular formula is C11H14N4. The number of hydrogen-bond acceptors (Lipinski definition) is 3. The Kier molecular flexibility index (Phi) is 2.67. The van der Waals surface area contributed by atoms with Crippen molar-refractivity contribution < 1.29 is 0 Å². The molecule has 2 aromatic heterocycles. The Bertz CT molecular complexity index is 447. The predicted octanol–water partition coefficient (Wildman–Crippen LogP) is 1.68. The molecule has 0 spiro atoms. The molecule has 0 aliphatic carbocycles. The van der Waals surface area contributed by atoms with Gasteiger partial charge in [-0.15, -0.1) is 0 Å². The number of pyridine rings is 1. The Hall–Kier alpha value is -1.84. The van der Waals surface area contributed by atoms with E-state index >= 15 is 0 Å². The zero-order chi connectivity index (χ0) is 10.7. The van der Waals surface area contributed by atoms with Crippen molar-refractivity contribution in [2.75, 3.05) is 12.4 Å². The monoisotopic (exact) mass is 202 g/mol. The summed E-state index contributed by atoms with van der Waals surface area (Å²) in [7, 11) is 1.88. The number of rotatable bonds is 3. The largest absolute Gasteiger partial charge is 0.373 e. The lowest BCUT2D eigenvalue weighted by Crippen LogP contribution is -2.05. The minimum Gasteiger partial charge on any atom is -0.373 e. The van der Waals surface area contributed by atoms with Crippen LogP contribution < -0.4 is 5.32 Å². The fourth-order valence-corrected chi connectivity index (χ4v) is 1.52. The lowest BCUT2D eigenvalue weighted by Gasteiger charge is -2.07. The van der Waals surface area contributed by atoms with Crippen LogP contribution in [0.1, 0.15) is 11.3 Å². The second-order valence-corrected chi connectivity index (χ2v) is 3.42. The average molecular weight is 202 g/mol. The standard InChI is InChI=1S/C11H14N4/c1-9-5-7-15(14-9)8-10-4-3-6-13-11(10)12-2/h3-7H,8H2,1-2H3,(H,12,13). The smallest absolute Gasteiger partial charge is 0.130 e. The van der Waals surface area contributed by atoms with Crippen molar-refractivity contribution in [3.63, 3.8) is 0 Å². The maximum absolute atomic E-state index is 4.34. The summed E-state index contributed by atoms with van der Waals surface area (Å²) in [4.78, 5) is 4.25. The molecule has 0 saturated heterocycles. The van der Waals surface area contributed by atoms with Gasteiger partial charge in [-0.2, -0.15) is 5.10 Å². The van der Waals surface area contributed by atoms with Crippen molar-refractivity contribution >= 4 is 5.82 Å². The summed E-state index contributed by atoms with van der Waals surface area (Å²) in [6.45, 7) is 2.73. The summed E-state index contributed by atoms with van der Waals surface area (Å²) in [5, 5.41) is 7.41. The molecule has 0 bridgehead atoms. The van der Waals surface area contributed by atoms with E-state index in [1.165, 1.54) is 0 Å². The van der Waals surface area contributed by atoms with Gasteiger partial charge in [0.15, 0.2) is 0 Å². The van der Waals surface area contributed by atoms with Crippen molar-refractivity contribution in [1.82, 2.24) is 14.8 Å². The number of aromatic nitrogens is 3. The van der Waals surface area contributed by atoms with E-state index in [0.717, 1.165) is 23.6 Å². The van der Waals surface area contributed by atoms with Gasteiger partial charge in [0.25, 0.3) is 0 Å². The van der Waals surface area contributed by atoms with Crippen molar-refractivity contribution in [1.29, 1.82) is 0 Å². The van der Waals surface area contributed by atoms with Crippen molar-refractivity contribution in [2.24, 2.45) is 0 Å². The van der Waals surface area contributed by atoms with E-state index in [1.807, 2.05) is 37.0 Å². The summed E-state index contributed by atoms with van der Waals surface area (Å²) < 4.78 is 1.91. The molecule has 4 nitrogen and oxygen atoms in total.